The first-order valence-electron chi connectivity index (χ1n) is 8.47. The number of halogens is 3. The molecule has 0 aliphatic heterocycles. The lowest BCUT2D eigenvalue weighted by molar-refractivity contribution is -0.137. The number of hydrogen-bond donors (Lipinski definition) is 0. The molecular formula is C23H16F3N. The standard InChI is InChI=1S/C23H16F3N/c1-16(27-14-13-17-7-2-5-12-22(17)27)18-8-6-9-19(15-18)20-10-3-4-11-21(20)23(24,25)26/h2-15H,1H2. The highest BCUT2D eigenvalue weighted by Gasteiger charge is 2.33. The second-order valence-electron chi connectivity index (χ2n) is 6.32. The molecule has 0 bridgehead atoms. The molecule has 27 heavy (non-hydrogen) atoms. The van der Waals surface area contributed by atoms with Gasteiger partial charge >= 0.3 is 6.18 Å². The monoisotopic (exact) mass is 363 g/mol. The van der Waals surface area contributed by atoms with Gasteiger partial charge in [0.25, 0.3) is 0 Å². The summed E-state index contributed by atoms with van der Waals surface area (Å²) < 4.78 is 42.1. The van der Waals surface area contributed by atoms with E-state index >= 15 is 0 Å². The molecule has 0 radical (unpaired) electrons. The number of alkyl halides is 3. The molecule has 0 saturated heterocycles. The fraction of sp³-hybridized carbons (Fsp3) is 0.0435. The molecule has 3 aromatic carbocycles. The van der Waals surface area contributed by atoms with Crippen molar-refractivity contribution >= 4 is 16.6 Å². The van der Waals surface area contributed by atoms with Gasteiger partial charge in [-0.25, -0.2) is 0 Å². The van der Waals surface area contributed by atoms with Crippen LogP contribution >= 0.6 is 0 Å². The third-order valence-corrected chi connectivity index (χ3v) is 4.63. The lowest BCUT2D eigenvalue weighted by Crippen LogP contribution is -2.07. The molecule has 0 atom stereocenters. The van der Waals surface area contributed by atoms with E-state index in [0.717, 1.165) is 22.5 Å². The van der Waals surface area contributed by atoms with E-state index in [9.17, 15) is 13.2 Å². The smallest absolute Gasteiger partial charge is 0.317 e. The summed E-state index contributed by atoms with van der Waals surface area (Å²) in [5.74, 6) is 0. The minimum Gasteiger partial charge on any atom is -0.317 e. The Labute approximate surface area is 155 Å². The van der Waals surface area contributed by atoms with Crippen LogP contribution < -0.4 is 0 Å². The molecule has 4 heteroatoms. The molecule has 1 nitrogen and oxygen atoms in total. The van der Waals surface area contributed by atoms with E-state index < -0.39 is 11.7 Å². The van der Waals surface area contributed by atoms with Crippen molar-refractivity contribution in [3.63, 3.8) is 0 Å². The van der Waals surface area contributed by atoms with Gasteiger partial charge < -0.3 is 4.57 Å². The quantitative estimate of drug-likeness (QED) is 0.375. The molecule has 0 N–H and O–H groups in total. The van der Waals surface area contributed by atoms with Crippen LogP contribution in [0.1, 0.15) is 11.1 Å². The molecular weight excluding hydrogens is 347 g/mol. The topological polar surface area (TPSA) is 4.93 Å². The zero-order valence-corrected chi connectivity index (χ0v) is 14.4. The van der Waals surface area contributed by atoms with Crippen LogP contribution in [0.4, 0.5) is 13.2 Å². The first kappa shape index (κ1) is 17.2. The molecule has 0 unspecified atom stereocenters. The van der Waals surface area contributed by atoms with Crippen molar-refractivity contribution in [2.75, 3.05) is 0 Å². The van der Waals surface area contributed by atoms with Gasteiger partial charge in [0.1, 0.15) is 0 Å². The Hall–Kier alpha value is -3.27. The van der Waals surface area contributed by atoms with E-state index in [0.29, 0.717) is 11.3 Å². The van der Waals surface area contributed by atoms with E-state index in [-0.39, 0.29) is 5.56 Å². The normalized spacial score (nSPS) is 11.7. The van der Waals surface area contributed by atoms with Crippen molar-refractivity contribution < 1.29 is 13.2 Å². The molecule has 1 heterocycles. The van der Waals surface area contributed by atoms with Crippen LogP contribution in [0.15, 0.2) is 91.6 Å². The summed E-state index contributed by atoms with van der Waals surface area (Å²) in [5, 5.41) is 1.08. The van der Waals surface area contributed by atoms with E-state index in [1.54, 1.807) is 24.3 Å². The van der Waals surface area contributed by atoms with Gasteiger partial charge in [0, 0.05) is 11.9 Å². The maximum absolute atomic E-state index is 13.4. The fourth-order valence-electron chi connectivity index (χ4n) is 3.31. The van der Waals surface area contributed by atoms with Crippen molar-refractivity contribution in [2.45, 2.75) is 6.18 Å². The van der Waals surface area contributed by atoms with Crippen LogP contribution in [0.5, 0.6) is 0 Å². The zero-order chi connectivity index (χ0) is 19.0. The Kier molecular flexibility index (Phi) is 4.11. The van der Waals surface area contributed by atoms with Crippen LogP contribution in [0.25, 0.3) is 27.7 Å². The van der Waals surface area contributed by atoms with Crippen molar-refractivity contribution in [3.05, 3.63) is 103 Å². The number of para-hydroxylation sites is 1. The molecule has 1 aromatic heterocycles. The summed E-state index contributed by atoms with van der Waals surface area (Å²) in [6.07, 6.45) is -2.48. The molecule has 134 valence electrons. The van der Waals surface area contributed by atoms with Gasteiger partial charge in [0.2, 0.25) is 0 Å². The zero-order valence-electron chi connectivity index (χ0n) is 14.4. The number of benzene rings is 3. The minimum atomic E-state index is -4.40. The summed E-state index contributed by atoms with van der Waals surface area (Å²) in [7, 11) is 0. The van der Waals surface area contributed by atoms with Crippen molar-refractivity contribution in [1.29, 1.82) is 0 Å². The molecule has 0 fully saturated rings. The fourth-order valence-corrected chi connectivity index (χ4v) is 3.31. The summed E-state index contributed by atoms with van der Waals surface area (Å²) in [5.41, 5.74) is 2.52. The van der Waals surface area contributed by atoms with Crippen molar-refractivity contribution in [2.24, 2.45) is 0 Å². The van der Waals surface area contributed by atoms with Crippen LogP contribution in [-0.2, 0) is 6.18 Å². The van der Waals surface area contributed by atoms with Gasteiger partial charge in [-0.2, -0.15) is 13.2 Å². The Bertz CT molecular complexity index is 1140. The van der Waals surface area contributed by atoms with E-state index in [2.05, 4.69) is 6.58 Å². The van der Waals surface area contributed by atoms with Crippen molar-refractivity contribution in [1.82, 2.24) is 4.57 Å². The molecule has 4 aromatic rings. The van der Waals surface area contributed by atoms with Gasteiger partial charge in [0.05, 0.1) is 11.1 Å². The first-order chi connectivity index (χ1) is 12.9. The van der Waals surface area contributed by atoms with Gasteiger partial charge in [-0.1, -0.05) is 61.2 Å². The first-order valence-corrected chi connectivity index (χ1v) is 8.47. The van der Waals surface area contributed by atoms with Gasteiger partial charge in [-0.05, 0) is 46.3 Å². The Morgan fingerprint density at radius 2 is 1.56 bits per heavy atom. The van der Waals surface area contributed by atoms with Gasteiger partial charge in [-0.3, -0.25) is 0 Å². The summed E-state index contributed by atoms with van der Waals surface area (Å²) in [6.45, 7) is 4.16. The van der Waals surface area contributed by atoms with E-state index in [1.807, 2.05) is 47.2 Å². The molecule has 4 rings (SSSR count). The SMILES string of the molecule is C=C(c1cccc(-c2ccccc2C(F)(F)F)c1)n1ccc2ccccc21. The number of rotatable bonds is 3. The third-order valence-electron chi connectivity index (χ3n) is 4.63. The summed E-state index contributed by atoms with van der Waals surface area (Å²) in [4.78, 5) is 0. The van der Waals surface area contributed by atoms with Gasteiger partial charge in [-0.15, -0.1) is 0 Å². The molecule has 0 saturated carbocycles. The molecule has 0 aliphatic rings. The Morgan fingerprint density at radius 3 is 2.37 bits per heavy atom. The summed E-state index contributed by atoms with van der Waals surface area (Å²) >= 11 is 0. The number of fused-ring (bicyclic) bond motifs is 1. The second kappa shape index (κ2) is 6.47. The average Bonchev–Trinajstić information content (AvgIpc) is 3.11. The highest BCUT2D eigenvalue weighted by atomic mass is 19.4. The molecule has 0 amide bonds. The number of hydrogen-bond acceptors (Lipinski definition) is 0. The van der Waals surface area contributed by atoms with Crippen LogP contribution in [0.3, 0.4) is 0 Å². The maximum Gasteiger partial charge on any atom is 0.417 e. The van der Waals surface area contributed by atoms with E-state index in [4.69, 9.17) is 0 Å². The predicted molar refractivity (Wildman–Crippen MR) is 103 cm³/mol. The van der Waals surface area contributed by atoms with Crippen LogP contribution in [-0.4, -0.2) is 4.57 Å². The molecule has 0 aliphatic carbocycles. The van der Waals surface area contributed by atoms with Crippen molar-refractivity contribution in [3.8, 4) is 11.1 Å². The lowest BCUT2D eigenvalue weighted by atomic mass is 9.97. The Balaban J connectivity index is 1.79. The van der Waals surface area contributed by atoms with Gasteiger partial charge in [0.15, 0.2) is 0 Å². The summed E-state index contributed by atoms with van der Waals surface area (Å²) in [6, 6.07) is 22.6. The lowest BCUT2D eigenvalue weighted by Gasteiger charge is -2.15. The van der Waals surface area contributed by atoms with Crippen LogP contribution in [0, 0.1) is 0 Å². The van der Waals surface area contributed by atoms with E-state index in [1.165, 1.54) is 12.1 Å². The maximum atomic E-state index is 13.4. The predicted octanol–water partition coefficient (Wildman–Crippen LogP) is 6.85. The third kappa shape index (κ3) is 3.14. The highest BCUT2D eigenvalue weighted by Crippen LogP contribution is 2.37. The number of nitrogens with zero attached hydrogens (tertiary/aromatic N) is 1. The average molecular weight is 363 g/mol. The molecule has 0 spiro atoms. The minimum absolute atomic E-state index is 0.164. The highest BCUT2D eigenvalue weighted by molar-refractivity contribution is 5.86. The second-order valence-corrected chi connectivity index (χ2v) is 6.32. The number of aromatic nitrogens is 1. The van der Waals surface area contributed by atoms with Crippen LogP contribution in [0.2, 0.25) is 0 Å². The largest absolute Gasteiger partial charge is 0.417 e. The Morgan fingerprint density at radius 1 is 0.815 bits per heavy atom.